The van der Waals surface area contributed by atoms with Gasteiger partial charge in [-0.25, -0.2) is 0 Å². The summed E-state index contributed by atoms with van der Waals surface area (Å²) in [6.45, 7) is 0. The maximum absolute atomic E-state index is 9.64. The van der Waals surface area contributed by atoms with Gasteiger partial charge in [-0.1, -0.05) is 41.9 Å². The summed E-state index contributed by atoms with van der Waals surface area (Å²) in [7, 11) is 0. The molecule has 0 fully saturated rings. The van der Waals surface area contributed by atoms with Crippen LogP contribution in [0.2, 0.25) is 5.02 Å². The minimum absolute atomic E-state index is 0.0115. The fourth-order valence-electron chi connectivity index (χ4n) is 1.43. The molecule has 0 spiro atoms. The van der Waals surface area contributed by atoms with Gasteiger partial charge in [-0.15, -0.1) is 0 Å². The van der Waals surface area contributed by atoms with Crippen LogP contribution in [-0.2, 0) is 0 Å². The molecular weight excluding hydrogens is 212 g/mol. The Balaban J connectivity index is 2.65. The third-order valence-corrected chi connectivity index (χ3v) is 2.57. The Morgan fingerprint density at radius 2 is 1.33 bits per heavy atom. The molecule has 15 heavy (non-hydrogen) atoms. The van der Waals surface area contributed by atoms with Gasteiger partial charge in [0.25, 0.3) is 0 Å². The zero-order chi connectivity index (χ0) is 10.8. The number of benzene rings is 2. The smallest absolute Gasteiger partial charge is 0.134 e. The third kappa shape index (κ3) is 1.76. The highest BCUT2D eigenvalue weighted by atomic mass is 35.5. The fourth-order valence-corrected chi connectivity index (χ4v) is 1.66. The van der Waals surface area contributed by atoms with Crippen molar-refractivity contribution in [2.45, 2.75) is 0 Å². The number of aromatic hydroxyl groups is 2. The summed E-state index contributed by atoms with van der Waals surface area (Å²) in [5.41, 5.74) is 1.23. The van der Waals surface area contributed by atoms with Gasteiger partial charge in [0.2, 0.25) is 0 Å². The monoisotopic (exact) mass is 220 g/mol. The molecule has 2 nitrogen and oxygen atoms in total. The average Bonchev–Trinajstić information content (AvgIpc) is 2.23. The molecule has 3 heteroatoms. The van der Waals surface area contributed by atoms with Crippen LogP contribution in [-0.4, -0.2) is 10.2 Å². The van der Waals surface area contributed by atoms with E-state index in [4.69, 9.17) is 11.6 Å². The van der Waals surface area contributed by atoms with Crippen molar-refractivity contribution in [2.75, 3.05) is 0 Å². The van der Waals surface area contributed by atoms with Crippen LogP contribution in [0.1, 0.15) is 0 Å². The van der Waals surface area contributed by atoms with Gasteiger partial charge in [-0.05, 0) is 12.1 Å². The molecule has 0 unspecified atom stereocenters. The van der Waals surface area contributed by atoms with Gasteiger partial charge in [0.15, 0.2) is 0 Å². The maximum atomic E-state index is 9.64. The number of phenolic OH excluding ortho intramolecular Hbond substituents is 2. The lowest BCUT2D eigenvalue weighted by Crippen LogP contribution is -1.80. The van der Waals surface area contributed by atoms with Crippen molar-refractivity contribution in [2.24, 2.45) is 0 Å². The number of phenols is 2. The molecule has 0 atom stereocenters. The molecule has 2 aromatic carbocycles. The molecule has 0 aliphatic heterocycles. The Morgan fingerprint density at radius 3 is 2.07 bits per heavy atom. The Hall–Kier alpha value is -1.67. The zero-order valence-corrected chi connectivity index (χ0v) is 8.57. The Kier molecular flexibility index (Phi) is 2.52. The number of hydrogen-bond donors (Lipinski definition) is 2. The summed E-state index contributed by atoms with van der Waals surface area (Å²) in [6, 6.07) is 11.8. The first-order chi connectivity index (χ1) is 7.20. The predicted octanol–water partition coefficient (Wildman–Crippen LogP) is 3.42. The summed E-state index contributed by atoms with van der Waals surface area (Å²) in [5, 5.41) is 19.3. The van der Waals surface area contributed by atoms with Gasteiger partial charge < -0.3 is 10.2 Å². The second kappa shape index (κ2) is 3.83. The van der Waals surface area contributed by atoms with E-state index >= 15 is 0 Å². The predicted molar refractivity (Wildman–Crippen MR) is 60.2 cm³/mol. The van der Waals surface area contributed by atoms with E-state index in [-0.39, 0.29) is 16.5 Å². The molecule has 0 aromatic heterocycles. The van der Waals surface area contributed by atoms with Crippen LogP contribution in [0.3, 0.4) is 0 Å². The van der Waals surface area contributed by atoms with Crippen LogP contribution >= 0.6 is 11.6 Å². The molecule has 2 N–H and O–H groups in total. The molecule has 0 saturated heterocycles. The lowest BCUT2D eigenvalue weighted by Gasteiger charge is -2.07. The topological polar surface area (TPSA) is 40.5 Å². The van der Waals surface area contributed by atoms with Crippen LogP contribution < -0.4 is 0 Å². The third-order valence-electron chi connectivity index (χ3n) is 2.17. The quantitative estimate of drug-likeness (QED) is 0.773. The molecule has 76 valence electrons. The van der Waals surface area contributed by atoms with E-state index in [9.17, 15) is 10.2 Å². The van der Waals surface area contributed by atoms with E-state index in [1.54, 1.807) is 36.4 Å². The number of hydrogen-bond acceptors (Lipinski definition) is 2. The molecule has 2 aromatic rings. The zero-order valence-electron chi connectivity index (χ0n) is 7.81. The highest BCUT2D eigenvalue weighted by Crippen LogP contribution is 2.38. The van der Waals surface area contributed by atoms with Crippen LogP contribution in [0.15, 0.2) is 42.5 Å². The van der Waals surface area contributed by atoms with Crippen molar-refractivity contribution in [3.63, 3.8) is 0 Å². The molecule has 2 rings (SSSR count). The SMILES string of the molecule is Oc1ccccc1-c1cccc(O)c1Cl. The van der Waals surface area contributed by atoms with Crippen LogP contribution in [0.5, 0.6) is 11.5 Å². The number of halogens is 1. The van der Waals surface area contributed by atoms with E-state index in [1.807, 2.05) is 0 Å². The molecule has 0 bridgehead atoms. The minimum Gasteiger partial charge on any atom is -0.507 e. The Morgan fingerprint density at radius 1 is 0.733 bits per heavy atom. The molecule has 0 heterocycles. The Bertz CT molecular complexity index is 495. The van der Waals surface area contributed by atoms with E-state index in [1.165, 1.54) is 6.07 Å². The van der Waals surface area contributed by atoms with E-state index in [0.29, 0.717) is 11.1 Å². The molecule has 0 saturated carbocycles. The largest absolute Gasteiger partial charge is 0.507 e. The average molecular weight is 221 g/mol. The molecule has 0 aliphatic rings. The van der Waals surface area contributed by atoms with E-state index in [2.05, 4.69) is 0 Å². The first-order valence-electron chi connectivity index (χ1n) is 4.46. The Labute approximate surface area is 92.4 Å². The lowest BCUT2D eigenvalue weighted by molar-refractivity contribution is 0.474. The lowest BCUT2D eigenvalue weighted by atomic mass is 10.0. The number of para-hydroxylation sites is 1. The van der Waals surface area contributed by atoms with E-state index < -0.39 is 0 Å². The molecule has 0 aliphatic carbocycles. The maximum Gasteiger partial charge on any atom is 0.134 e. The van der Waals surface area contributed by atoms with Crippen LogP contribution in [0.4, 0.5) is 0 Å². The summed E-state index contributed by atoms with van der Waals surface area (Å²) < 4.78 is 0. The van der Waals surface area contributed by atoms with E-state index in [0.717, 1.165) is 0 Å². The standard InChI is InChI=1S/C12H9ClO2/c13-12-9(5-3-7-11(12)15)8-4-1-2-6-10(8)14/h1-7,14-15H. The second-order valence-corrected chi connectivity index (χ2v) is 3.53. The fraction of sp³-hybridized carbons (Fsp3) is 0. The highest BCUT2D eigenvalue weighted by molar-refractivity contribution is 6.34. The van der Waals surface area contributed by atoms with Gasteiger partial charge in [-0.3, -0.25) is 0 Å². The summed E-state index contributed by atoms with van der Waals surface area (Å²) in [4.78, 5) is 0. The molecule has 0 amide bonds. The first-order valence-corrected chi connectivity index (χ1v) is 4.84. The van der Waals surface area contributed by atoms with Crippen molar-refractivity contribution in [1.82, 2.24) is 0 Å². The van der Waals surface area contributed by atoms with Gasteiger partial charge >= 0.3 is 0 Å². The second-order valence-electron chi connectivity index (χ2n) is 3.16. The van der Waals surface area contributed by atoms with Crippen molar-refractivity contribution in [1.29, 1.82) is 0 Å². The van der Waals surface area contributed by atoms with Gasteiger partial charge in [0, 0.05) is 11.1 Å². The van der Waals surface area contributed by atoms with Gasteiger partial charge in [0.05, 0.1) is 5.02 Å². The minimum atomic E-state index is 0.0115. The first kappa shape index (κ1) is 9.87. The summed E-state index contributed by atoms with van der Waals surface area (Å²) >= 11 is 5.94. The number of rotatable bonds is 1. The van der Waals surface area contributed by atoms with Gasteiger partial charge in [-0.2, -0.15) is 0 Å². The molecular formula is C12H9ClO2. The summed E-state index contributed by atoms with van der Waals surface area (Å²) in [6.07, 6.45) is 0. The van der Waals surface area contributed by atoms with Crippen LogP contribution in [0, 0.1) is 0 Å². The normalized spacial score (nSPS) is 10.2. The van der Waals surface area contributed by atoms with Crippen molar-refractivity contribution in [3.8, 4) is 22.6 Å². The summed E-state index contributed by atoms with van der Waals surface area (Å²) in [5.74, 6) is 0.155. The van der Waals surface area contributed by atoms with Crippen molar-refractivity contribution < 1.29 is 10.2 Å². The van der Waals surface area contributed by atoms with Crippen LogP contribution in [0.25, 0.3) is 11.1 Å². The van der Waals surface area contributed by atoms with Crippen molar-refractivity contribution >= 4 is 11.6 Å². The van der Waals surface area contributed by atoms with Gasteiger partial charge in [0.1, 0.15) is 11.5 Å². The molecule has 0 radical (unpaired) electrons. The highest BCUT2D eigenvalue weighted by Gasteiger charge is 2.09. The van der Waals surface area contributed by atoms with Crippen molar-refractivity contribution in [3.05, 3.63) is 47.5 Å².